The van der Waals surface area contributed by atoms with E-state index in [0.717, 1.165) is 11.3 Å². The van der Waals surface area contributed by atoms with Crippen LogP contribution in [0.1, 0.15) is 24.8 Å². The summed E-state index contributed by atoms with van der Waals surface area (Å²) in [4.78, 5) is 28.6. The molecule has 3 fully saturated rings. The number of hydrogen-bond donors (Lipinski definition) is 4. The number of thiocarbonyl (C=S) groups is 1. The largest absolute Gasteiger partial charge is 0.390 e. The fourth-order valence-electron chi connectivity index (χ4n) is 4.95. The molecule has 1 aliphatic carbocycles. The zero-order valence-electron chi connectivity index (χ0n) is 16.9. The van der Waals surface area contributed by atoms with E-state index < -0.39 is 30.2 Å². The quantitative estimate of drug-likeness (QED) is 0.492. The molecule has 1 aromatic rings. The second-order valence-electron chi connectivity index (χ2n) is 8.57. The number of anilines is 1. The standard InChI is InChI=1S/C21H28N4O4S/c1-11-2-4-13(5-3-11)25-17-14(10-15(26)18(27)16(17)23-21(25)30)20(29)24-8-6-12(7-9-24)19(22)28/h2-5,12,14-18,26-27H,6-10H2,1H3,(H2,22,28)(H,23,30)/t14-,15-,16-,17-,18+/m1/s1. The number of hydrogen-bond acceptors (Lipinski definition) is 5. The third kappa shape index (κ3) is 3.66. The molecule has 3 aliphatic rings. The molecule has 5 atom stereocenters. The number of benzene rings is 1. The predicted octanol–water partition coefficient (Wildman–Crippen LogP) is -0.108. The number of nitrogens with zero attached hydrogens (tertiary/aromatic N) is 2. The number of carbonyl (C=O) groups excluding carboxylic acids is 2. The molecule has 0 unspecified atom stereocenters. The van der Waals surface area contributed by atoms with Gasteiger partial charge < -0.3 is 31.1 Å². The highest BCUT2D eigenvalue weighted by Gasteiger charge is 2.54. The van der Waals surface area contributed by atoms with Crippen LogP contribution in [0.3, 0.4) is 0 Å². The molecule has 0 bridgehead atoms. The number of aliphatic hydroxyl groups excluding tert-OH is 2. The van der Waals surface area contributed by atoms with Gasteiger partial charge in [0.1, 0.15) is 6.10 Å². The Balaban J connectivity index is 1.61. The van der Waals surface area contributed by atoms with Crippen molar-refractivity contribution in [2.24, 2.45) is 17.6 Å². The first kappa shape index (κ1) is 21.0. The van der Waals surface area contributed by atoms with E-state index in [0.29, 0.717) is 31.0 Å². The Hall–Kier alpha value is -2.23. The predicted molar refractivity (Wildman–Crippen MR) is 116 cm³/mol. The molecule has 5 N–H and O–H groups in total. The second kappa shape index (κ2) is 8.13. The third-order valence-electron chi connectivity index (χ3n) is 6.68. The molecule has 2 aliphatic heterocycles. The van der Waals surface area contributed by atoms with Gasteiger partial charge in [0, 0.05) is 24.7 Å². The molecule has 8 nitrogen and oxygen atoms in total. The molecule has 1 saturated carbocycles. The number of nitrogens with one attached hydrogen (secondary N) is 1. The first-order valence-electron chi connectivity index (χ1n) is 10.4. The van der Waals surface area contributed by atoms with Gasteiger partial charge in [-0.25, -0.2) is 0 Å². The maximum atomic E-state index is 13.5. The lowest BCUT2D eigenvalue weighted by Gasteiger charge is -2.44. The monoisotopic (exact) mass is 432 g/mol. The number of fused-ring (bicyclic) bond motifs is 1. The Morgan fingerprint density at radius 2 is 1.80 bits per heavy atom. The van der Waals surface area contributed by atoms with Gasteiger partial charge in [-0.3, -0.25) is 9.59 Å². The minimum absolute atomic E-state index is 0.0810. The molecule has 2 heterocycles. The molecular formula is C21H28N4O4S. The molecule has 4 rings (SSSR count). The van der Waals surface area contributed by atoms with E-state index in [1.54, 1.807) is 4.90 Å². The van der Waals surface area contributed by atoms with Crippen LogP contribution < -0.4 is 16.0 Å². The average molecular weight is 433 g/mol. The Bertz CT molecular complexity index is 840. The fourth-order valence-corrected chi connectivity index (χ4v) is 5.31. The van der Waals surface area contributed by atoms with Crippen molar-refractivity contribution in [3.63, 3.8) is 0 Å². The van der Waals surface area contributed by atoms with Crippen molar-refractivity contribution < 1.29 is 19.8 Å². The van der Waals surface area contributed by atoms with Crippen molar-refractivity contribution in [2.75, 3.05) is 18.0 Å². The van der Waals surface area contributed by atoms with Crippen molar-refractivity contribution >= 4 is 34.8 Å². The zero-order valence-corrected chi connectivity index (χ0v) is 17.7. The van der Waals surface area contributed by atoms with Crippen LogP contribution >= 0.6 is 12.2 Å². The van der Waals surface area contributed by atoms with Gasteiger partial charge in [0.25, 0.3) is 0 Å². The Morgan fingerprint density at radius 1 is 1.17 bits per heavy atom. The lowest BCUT2D eigenvalue weighted by Crippen LogP contribution is -2.61. The highest BCUT2D eigenvalue weighted by molar-refractivity contribution is 7.80. The molecule has 1 aromatic carbocycles. The summed E-state index contributed by atoms with van der Waals surface area (Å²) in [5, 5.41) is 24.6. The van der Waals surface area contributed by atoms with E-state index in [1.807, 2.05) is 36.1 Å². The number of carbonyl (C=O) groups is 2. The molecule has 162 valence electrons. The first-order valence-corrected chi connectivity index (χ1v) is 10.8. The molecule has 0 aromatic heterocycles. The molecular weight excluding hydrogens is 404 g/mol. The lowest BCUT2D eigenvalue weighted by molar-refractivity contribution is -0.144. The number of nitrogens with two attached hydrogens (primary N) is 1. The van der Waals surface area contributed by atoms with Crippen LogP contribution in [0.25, 0.3) is 0 Å². The van der Waals surface area contributed by atoms with Crippen LogP contribution in [0.2, 0.25) is 0 Å². The van der Waals surface area contributed by atoms with Crippen LogP contribution in [-0.4, -0.2) is 69.4 Å². The maximum absolute atomic E-state index is 13.5. The van der Waals surface area contributed by atoms with Crippen LogP contribution in [-0.2, 0) is 9.59 Å². The second-order valence-corrected chi connectivity index (χ2v) is 8.96. The Morgan fingerprint density at radius 3 is 2.40 bits per heavy atom. The van der Waals surface area contributed by atoms with Crippen molar-refractivity contribution in [1.29, 1.82) is 0 Å². The third-order valence-corrected chi connectivity index (χ3v) is 7.00. The highest BCUT2D eigenvalue weighted by Crippen LogP contribution is 2.38. The summed E-state index contributed by atoms with van der Waals surface area (Å²) < 4.78 is 0. The normalized spacial score (nSPS) is 32.0. The van der Waals surface area contributed by atoms with Crippen LogP contribution in [0, 0.1) is 18.8 Å². The summed E-state index contributed by atoms with van der Waals surface area (Å²) in [6.45, 7) is 2.92. The fraction of sp³-hybridized carbons (Fsp3) is 0.571. The van der Waals surface area contributed by atoms with Crippen molar-refractivity contribution in [1.82, 2.24) is 10.2 Å². The SMILES string of the molecule is Cc1ccc(N2C(=S)N[C@H]3[C@@H](O)[C@H](O)C[C@@H](C(=O)N4CCC(C(N)=O)CC4)[C@H]32)cc1. The van der Waals surface area contributed by atoms with E-state index in [4.69, 9.17) is 18.0 Å². The summed E-state index contributed by atoms with van der Waals surface area (Å²) in [5.41, 5.74) is 7.37. The van der Waals surface area contributed by atoms with E-state index in [2.05, 4.69) is 5.32 Å². The number of primary amides is 1. The molecule has 9 heteroatoms. The van der Waals surface area contributed by atoms with Crippen molar-refractivity contribution in [3.8, 4) is 0 Å². The zero-order chi connectivity index (χ0) is 21.6. The number of aliphatic hydroxyl groups is 2. The van der Waals surface area contributed by atoms with Gasteiger partial charge in [-0.05, 0) is 50.5 Å². The van der Waals surface area contributed by atoms with Gasteiger partial charge in [-0.2, -0.15) is 0 Å². The molecule has 0 spiro atoms. The maximum Gasteiger partial charge on any atom is 0.227 e. The Kier molecular flexibility index (Phi) is 5.69. The molecule has 2 amide bonds. The number of amides is 2. The minimum Gasteiger partial charge on any atom is -0.390 e. The van der Waals surface area contributed by atoms with E-state index >= 15 is 0 Å². The van der Waals surface area contributed by atoms with Crippen molar-refractivity contribution in [3.05, 3.63) is 29.8 Å². The smallest absolute Gasteiger partial charge is 0.227 e. The van der Waals surface area contributed by atoms with Gasteiger partial charge in [0.2, 0.25) is 11.8 Å². The van der Waals surface area contributed by atoms with Crippen LogP contribution in [0.15, 0.2) is 24.3 Å². The van der Waals surface area contributed by atoms with E-state index in [1.165, 1.54) is 0 Å². The number of piperidine rings is 1. The van der Waals surface area contributed by atoms with E-state index in [9.17, 15) is 19.8 Å². The average Bonchev–Trinajstić information content (AvgIpc) is 3.08. The van der Waals surface area contributed by atoms with E-state index in [-0.39, 0.29) is 24.2 Å². The number of rotatable bonds is 3. The topological polar surface area (TPSA) is 119 Å². The summed E-state index contributed by atoms with van der Waals surface area (Å²) >= 11 is 5.55. The minimum atomic E-state index is -1.02. The summed E-state index contributed by atoms with van der Waals surface area (Å²) in [6.07, 6.45) is -0.787. The molecule has 2 saturated heterocycles. The van der Waals surface area contributed by atoms with Crippen LogP contribution in [0.5, 0.6) is 0 Å². The number of aryl methyl sites for hydroxylation is 1. The number of likely N-dealkylation sites (tertiary alicyclic amines) is 1. The first-order chi connectivity index (χ1) is 14.3. The molecule has 0 radical (unpaired) electrons. The summed E-state index contributed by atoms with van der Waals surface area (Å²) in [7, 11) is 0. The van der Waals surface area contributed by atoms with Crippen LogP contribution in [0.4, 0.5) is 5.69 Å². The Labute approximate surface area is 181 Å². The lowest BCUT2D eigenvalue weighted by atomic mass is 9.76. The van der Waals surface area contributed by atoms with Gasteiger partial charge in [0.05, 0.1) is 24.1 Å². The van der Waals surface area contributed by atoms with Gasteiger partial charge in [0.15, 0.2) is 5.11 Å². The van der Waals surface area contributed by atoms with Gasteiger partial charge in [-0.15, -0.1) is 0 Å². The summed E-state index contributed by atoms with van der Waals surface area (Å²) in [5.74, 6) is -1.14. The summed E-state index contributed by atoms with van der Waals surface area (Å²) in [6, 6.07) is 6.90. The van der Waals surface area contributed by atoms with Gasteiger partial charge >= 0.3 is 0 Å². The molecule has 30 heavy (non-hydrogen) atoms. The van der Waals surface area contributed by atoms with Gasteiger partial charge in [-0.1, -0.05) is 17.7 Å². The highest BCUT2D eigenvalue weighted by atomic mass is 32.1. The van der Waals surface area contributed by atoms with Crippen molar-refractivity contribution in [2.45, 2.75) is 50.5 Å².